The van der Waals surface area contributed by atoms with E-state index < -0.39 is 72.9 Å². The lowest BCUT2D eigenvalue weighted by Crippen LogP contribution is -2.55. The highest BCUT2D eigenvalue weighted by Crippen LogP contribution is 2.41. The van der Waals surface area contributed by atoms with Gasteiger partial charge in [0.05, 0.1) is 29.0 Å². The number of likely N-dealkylation sites (N-methyl/N-ethyl adjacent to an activating group) is 1. The summed E-state index contributed by atoms with van der Waals surface area (Å²) < 4.78 is 108. The van der Waals surface area contributed by atoms with Crippen LogP contribution in [0.15, 0.2) is 30.7 Å². The second kappa shape index (κ2) is 14.6. The molecule has 2 aromatic heterocycles. The molecule has 3 aromatic rings. The van der Waals surface area contributed by atoms with E-state index in [-0.39, 0.29) is 54.9 Å². The van der Waals surface area contributed by atoms with Crippen LogP contribution in [0.2, 0.25) is 25.7 Å². The van der Waals surface area contributed by atoms with E-state index in [1.54, 1.807) is 4.90 Å². The Morgan fingerprint density at radius 1 is 0.980 bits per heavy atom. The number of carbonyl (C=O) groups is 1. The molecule has 0 radical (unpaired) electrons. The van der Waals surface area contributed by atoms with Crippen molar-refractivity contribution in [1.82, 2.24) is 19.9 Å². The average molecular weight is 742 g/mol. The second-order valence-electron chi connectivity index (χ2n) is 14.5. The van der Waals surface area contributed by atoms with E-state index in [4.69, 9.17) is 4.74 Å². The van der Waals surface area contributed by atoms with Crippen molar-refractivity contribution in [2.24, 2.45) is 0 Å². The van der Waals surface area contributed by atoms with Gasteiger partial charge in [0, 0.05) is 95.5 Å². The molecule has 0 saturated carbocycles. The summed E-state index contributed by atoms with van der Waals surface area (Å²) in [6, 6.07) is 2.18. The topological polar surface area (TPSA) is 86.7 Å². The number of piperazine rings is 1. The summed E-state index contributed by atoms with van der Waals surface area (Å²) in [6.45, 7) is 10.8. The normalized spacial score (nSPS) is 20.0. The summed E-state index contributed by atoms with van der Waals surface area (Å²) in [5, 5.41) is 2.31. The fourth-order valence-corrected chi connectivity index (χ4v) is 6.78. The van der Waals surface area contributed by atoms with Crippen LogP contribution >= 0.6 is 0 Å². The van der Waals surface area contributed by atoms with Crippen molar-refractivity contribution < 1.29 is 40.3 Å². The predicted octanol–water partition coefficient (Wildman–Crippen LogP) is 7.57. The van der Waals surface area contributed by atoms with Gasteiger partial charge in [-0.15, -0.1) is 0 Å². The number of hydrogen-bond donors (Lipinski definition) is 1. The quantitative estimate of drug-likeness (QED) is 0.178. The van der Waals surface area contributed by atoms with Crippen molar-refractivity contribution in [1.29, 1.82) is 0 Å². The molecule has 0 spiro atoms. The van der Waals surface area contributed by atoms with Crippen molar-refractivity contribution in [3.05, 3.63) is 53.5 Å². The van der Waals surface area contributed by atoms with E-state index in [1.807, 2.05) is 20.9 Å². The molecule has 2 fully saturated rings. The van der Waals surface area contributed by atoms with Crippen LogP contribution in [-0.2, 0) is 6.18 Å². The fourth-order valence-electron chi connectivity index (χ4n) is 6.06. The molecule has 2 aliphatic rings. The lowest BCUT2D eigenvalue weighted by atomic mass is 10.0. The molecule has 2 atom stereocenters. The zero-order chi connectivity index (χ0) is 37.5. The van der Waals surface area contributed by atoms with Crippen LogP contribution in [0, 0.1) is 11.6 Å². The molecule has 1 amide bonds. The summed E-state index contributed by atoms with van der Waals surface area (Å²) in [5.41, 5.74) is -3.56. The summed E-state index contributed by atoms with van der Waals surface area (Å²) in [5.74, 6) is -6.60. The van der Waals surface area contributed by atoms with Crippen LogP contribution in [-0.4, -0.2) is 91.7 Å². The van der Waals surface area contributed by atoms with Gasteiger partial charge < -0.3 is 19.9 Å². The van der Waals surface area contributed by atoms with Gasteiger partial charge in [-0.05, 0) is 26.9 Å². The van der Waals surface area contributed by atoms with Crippen molar-refractivity contribution >= 4 is 31.3 Å². The van der Waals surface area contributed by atoms with Gasteiger partial charge >= 0.3 is 6.18 Å². The summed E-state index contributed by atoms with van der Waals surface area (Å²) in [7, 11) is 0.342. The lowest BCUT2D eigenvalue weighted by molar-refractivity contribution is -0.138. The largest absolute Gasteiger partial charge is 0.478 e. The van der Waals surface area contributed by atoms with Crippen LogP contribution in [0.4, 0.5) is 48.1 Å². The van der Waals surface area contributed by atoms with E-state index in [2.05, 4.69) is 44.8 Å². The maximum atomic E-state index is 16.7. The number of piperidine rings is 1. The monoisotopic (exact) mass is 741 g/mol. The van der Waals surface area contributed by atoms with Crippen molar-refractivity contribution in [3.63, 3.8) is 0 Å². The average Bonchev–Trinajstić information content (AvgIpc) is 3.04. The van der Waals surface area contributed by atoms with E-state index in [1.165, 1.54) is 4.90 Å². The minimum Gasteiger partial charge on any atom is -0.478 e. The fraction of sp³-hybridized carbons (Fsp3) is 0.529. The standard InChI is InChI=1S/C34H42F7N7O2Si/c1-20-18-48(19-21(2)46(20)3)26-14-25(35)28(22-15-43-32(44-16-22)47-9-7-33(37,38)8-10-47)29(36)30(26)45-31(49)23-17-42-27(13-24(23)34(39,40)41)50-11-12-51(4,5)6/h13-17,20-21H,7-12,18-19H2,1-6H3,(H,45,49)/t20-,21+. The second-order valence-corrected chi connectivity index (χ2v) is 20.1. The molecule has 1 aromatic carbocycles. The molecule has 9 nitrogen and oxygen atoms in total. The third-order valence-corrected chi connectivity index (χ3v) is 11.1. The third-order valence-electron chi connectivity index (χ3n) is 9.37. The number of nitrogens with one attached hydrogen (secondary N) is 1. The maximum absolute atomic E-state index is 16.7. The molecule has 2 aliphatic heterocycles. The van der Waals surface area contributed by atoms with Gasteiger partial charge in [-0.3, -0.25) is 9.69 Å². The molecule has 5 rings (SSSR count). The first-order valence-electron chi connectivity index (χ1n) is 16.7. The Morgan fingerprint density at radius 3 is 2.16 bits per heavy atom. The van der Waals surface area contributed by atoms with Gasteiger partial charge in [0.15, 0.2) is 5.82 Å². The Bertz CT molecular complexity index is 1720. The first kappa shape index (κ1) is 38.2. The van der Waals surface area contributed by atoms with E-state index in [0.29, 0.717) is 25.2 Å². The molecule has 4 heterocycles. The number of rotatable bonds is 9. The smallest absolute Gasteiger partial charge is 0.417 e. The number of pyridine rings is 1. The number of nitrogens with zero attached hydrogens (tertiary/aromatic N) is 6. The maximum Gasteiger partial charge on any atom is 0.417 e. The molecular weight excluding hydrogens is 699 g/mol. The number of aromatic nitrogens is 3. The molecule has 51 heavy (non-hydrogen) atoms. The highest BCUT2D eigenvalue weighted by Gasteiger charge is 2.38. The van der Waals surface area contributed by atoms with Crippen LogP contribution in [0.25, 0.3) is 11.1 Å². The molecule has 17 heteroatoms. The minimum absolute atomic E-state index is 0.0117. The number of benzene rings is 1. The van der Waals surface area contributed by atoms with Crippen molar-refractivity contribution in [2.75, 3.05) is 55.0 Å². The SMILES string of the molecule is C[C@@H]1CN(c2cc(F)c(-c3cnc(N4CCC(F)(F)CC4)nc3)c(F)c2NC(=O)c2cnc(OCC[Si](C)(C)C)cc2C(F)(F)F)C[C@H](C)N1C. The first-order valence-corrected chi connectivity index (χ1v) is 20.4. The first-order chi connectivity index (χ1) is 23.7. The van der Waals surface area contributed by atoms with Crippen molar-refractivity contribution in [2.45, 2.75) is 76.6 Å². The number of ether oxygens (including phenoxy) is 1. The lowest BCUT2D eigenvalue weighted by Gasteiger charge is -2.44. The van der Waals surface area contributed by atoms with Crippen LogP contribution in [0.5, 0.6) is 5.88 Å². The third kappa shape index (κ3) is 8.91. The highest BCUT2D eigenvalue weighted by molar-refractivity contribution is 6.76. The summed E-state index contributed by atoms with van der Waals surface area (Å²) >= 11 is 0. The number of halogens is 7. The predicted molar refractivity (Wildman–Crippen MR) is 184 cm³/mol. The Balaban J connectivity index is 1.52. The Labute approximate surface area is 293 Å². The van der Waals surface area contributed by atoms with Crippen LogP contribution in [0.1, 0.15) is 42.6 Å². The van der Waals surface area contributed by atoms with Gasteiger partial charge in [-0.1, -0.05) is 19.6 Å². The van der Waals surface area contributed by atoms with Gasteiger partial charge in [-0.25, -0.2) is 32.5 Å². The highest BCUT2D eigenvalue weighted by atomic mass is 28.3. The van der Waals surface area contributed by atoms with Gasteiger partial charge in [0.25, 0.3) is 11.8 Å². The number of hydrogen-bond acceptors (Lipinski definition) is 8. The zero-order valence-corrected chi connectivity index (χ0v) is 30.3. The summed E-state index contributed by atoms with van der Waals surface area (Å²) in [4.78, 5) is 31.2. The molecule has 1 N–H and O–H groups in total. The van der Waals surface area contributed by atoms with E-state index in [0.717, 1.165) is 24.7 Å². The van der Waals surface area contributed by atoms with Gasteiger partial charge in [0.2, 0.25) is 11.8 Å². The Hall–Kier alpha value is -3.99. The zero-order valence-electron chi connectivity index (χ0n) is 29.3. The van der Waals surface area contributed by atoms with Crippen LogP contribution in [0.3, 0.4) is 0 Å². The number of amides is 1. The summed E-state index contributed by atoms with van der Waals surface area (Å²) in [6.07, 6.45) is -2.78. The van der Waals surface area contributed by atoms with Gasteiger partial charge in [0.1, 0.15) is 11.5 Å². The molecule has 0 bridgehead atoms. The van der Waals surface area contributed by atoms with Gasteiger partial charge in [-0.2, -0.15) is 13.2 Å². The molecular formula is C34H42F7N7O2Si. The van der Waals surface area contributed by atoms with E-state index in [9.17, 15) is 26.7 Å². The van der Waals surface area contributed by atoms with Crippen LogP contribution < -0.4 is 19.9 Å². The number of carbonyl (C=O) groups excluding carboxylic acids is 1. The molecule has 2 saturated heterocycles. The van der Waals surface area contributed by atoms with E-state index >= 15 is 8.78 Å². The number of alkyl halides is 5. The Morgan fingerprint density at radius 2 is 1.59 bits per heavy atom. The minimum atomic E-state index is -4.99. The number of anilines is 3. The van der Waals surface area contributed by atoms with Crippen molar-refractivity contribution in [3.8, 4) is 17.0 Å². The Kier molecular flexibility index (Phi) is 10.9. The molecule has 278 valence electrons. The molecule has 0 aliphatic carbocycles. The molecule has 0 unspecified atom stereocenters.